The second-order valence-corrected chi connectivity index (χ2v) is 10.8. The number of rotatable bonds is 9. The zero-order chi connectivity index (χ0) is 25.0. The Hall–Kier alpha value is -0.960. The van der Waals surface area contributed by atoms with Crippen LogP contribution in [-0.2, 0) is 39.3 Å². The van der Waals surface area contributed by atoms with Crippen LogP contribution in [0.5, 0.6) is 0 Å². The van der Waals surface area contributed by atoms with Gasteiger partial charge in [0.25, 0.3) is 0 Å². The number of benzene rings is 2. The molecule has 0 saturated heterocycles. The van der Waals surface area contributed by atoms with Gasteiger partial charge >= 0.3 is 59.1 Å². The number of sulfone groups is 1. The van der Waals surface area contributed by atoms with E-state index in [0.29, 0.717) is 0 Å². The third-order valence-electron chi connectivity index (χ3n) is 3.80. The van der Waals surface area contributed by atoms with Crippen LogP contribution in [0.2, 0.25) is 0 Å². The van der Waals surface area contributed by atoms with Gasteiger partial charge in [-0.1, -0.05) is 0 Å². The number of nitrogen functional groups attached to an aromatic ring is 1. The van der Waals surface area contributed by atoms with Gasteiger partial charge < -0.3 is 20.2 Å². The van der Waals surface area contributed by atoms with Gasteiger partial charge in [0.2, 0.25) is 16.3 Å². The monoisotopic (exact) mass is 566 g/mol. The van der Waals surface area contributed by atoms with Crippen LogP contribution in [0.1, 0.15) is 6.92 Å². The molecular weight excluding hydrogens is 550 g/mol. The van der Waals surface area contributed by atoms with Crippen molar-refractivity contribution in [2.24, 2.45) is 10.2 Å². The van der Waals surface area contributed by atoms with E-state index in [4.69, 9.17) is 5.73 Å². The van der Waals surface area contributed by atoms with Crippen LogP contribution >= 0.6 is 0 Å². The molecule has 0 unspecified atom stereocenters. The first-order valence-electron chi connectivity index (χ1n) is 8.61. The molecule has 0 aliphatic heterocycles. The van der Waals surface area contributed by atoms with E-state index in [1.165, 1.54) is 19.1 Å². The van der Waals surface area contributed by atoms with Crippen LogP contribution in [0.3, 0.4) is 0 Å². The molecular formula is C16H16N4Na2O10S3. The van der Waals surface area contributed by atoms with Crippen LogP contribution in [0.15, 0.2) is 56.4 Å². The molecule has 2 aromatic carbocycles. The number of anilines is 2. The van der Waals surface area contributed by atoms with Crippen molar-refractivity contribution < 1.29 is 102 Å². The van der Waals surface area contributed by atoms with Crippen molar-refractivity contribution in [1.82, 2.24) is 0 Å². The van der Waals surface area contributed by atoms with Crippen LogP contribution in [0, 0.1) is 0 Å². The second-order valence-electron chi connectivity index (χ2n) is 6.25. The minimum Gasteiger partial charge on any atom is -0.744 e. The standard InChI is InChI=1S/C16H18N4O10S3.2Na/c1-10(21)18-13-6-7-14(32(24,25)26)15(17)16(13)20-19-11-2-4-12(5-3-11)31(22,23)9-8-30-33(27,28)29;;/h2-7H,8-9,17H2,1H3,(H,18,21)(H,24,25,26)(H,27,28,29);;/q;2*+1/p-2. The molecule has 0 spiro atoms. The van der Waals surface area contributed by atoms with E-state index < -0.39 is 59.2 Å². The summed E-state index contributed by atoms with van der Waals surface area (Å²) in [7, 11) is -14.0. The molecule has 0 aliphatic carbocycles. The fourth-order valence-electron chi connectivity index (χ4n) is 2.40. The van der Waals surface area contributed by atoms with Gasteiger partial charge in [0.15, 0.2) is 9.84 Å². The van der Waals surface area contributed by atoms with Crippen molar-refractivity contribution in [3.05, 3.63) is 36.4 Å². The zero-order valence-electron chi connectivity index (χ0n) is 18.7. The molecule has 180 valence electrons. The normalized spacial score (nSPS) is 12.0. The van der Waals surface area contributed by atoms with Crippen LogP contribution in [0.25, 0.3) is 0 Å². The van der Waals surface area contributed by atoms with E-state index in [2.05, 4.69) is 19.7 Å². The summed E-state index contributed by atoms with van der Waals surface area (Å²) in [5.74, 6) is -1.31. The van der Waals surface area contributed by atoms with Gasteiger partial charge in [-0.15, -0.1) is 5.11 Å². The van der Waals surface area contributed by atoms with Crippen molar-refractivity contribution in [3.63, 3.8) is 0 Å². The van der Waals surface area contributed by atoms with E-state index in [1.54, 1.807) is 0 Å². The maximum atomic E-state index is 12.2. The molecule has 0 radical (unpaired) electrons. The Morgan fingerprint density at radius 2 is 1.54 bits per heavy atom. The number of carbonyl (C=O) groups is 1. The topological polar surface area (TPSA) is 238 Å². The van der Waals surface area contributed by atoms with Crippen molar-refractivity contribution in [1.29, 1.82) is 0 Å². The third kappa shape index (κ3) is 10.5. The van der Waals surface area contributed by atoms with Crippen molar-refractivity contribution in [2.75, 3.05) is 23.4 Å². The van der Waals surface area contributed by atoms with Gasteiger partial charge in [-0.3, -0.25) is 8.98 Å². The van der Waals surface area contributed by atoms with Crippen LogP contribution < -0.4 is 70.2 Å². The summed E-state index contributed by atoms with van der Waals surface area (Å²) in [6, 6.07) is 6.67. The summed E-state index contributed by atoms with van der Waals surface area (Å²) < 4.78 is 93.5. The number of azo groups is 1. The first kappa shape index (κ1) is 34.0. The molecule has 0 atom stereocenters. The molecule has 0 aliphatic rings. The summed E-state index contributed by atoms with van der Waals surface area (Å²) in [5, 5.41) is 9.95. The van der Waals surface area contributed by atoms with Crippen molar-refractivity contribution in [3.8, 4) is 0 Å². The summed E-state index contributed by atoms with van der Waals surface area (Å²) >= 11 is 0. The maximum absolute atomic E-state index is 12.2. The molecule has 2 aromatic rings. The van der Waals surface area contributed by atoms with Crippen LogP contribution in [0.4, 0.5) is 22.7 Å². The Morgan fingerprint density at radius 3 is 2.03 bits per heavy atom. The van der Waals surface area contributed by atoms with Crippen LogP contribution in [-0.4, -0.2) is 52.6 Å². The Kier molecular flexibility index (Phi) is 13.2. The summed E-state index contributed by atoms with van der Waals surface area (Å²) in [6.07, 6.45) is 0. The molecule has 3 N–H and O–H groups in total. The average molecular weight is 567 g/mol. The molecule has 2 rings (SSSR count). The summed E-state index contributed by atoms with van der Waals surface area (Å²) in [4.78, 5) is 10.4. The fourth-order valence-corrected chi connectivity index (χ4v) is 4.48. The van der Waals surface area contributed by atoms with E-state index in [0.717, 1.165) is 24.3 Å². The minimum absolute atomic E-state index is 0. The number of amides is 1. The molecule has 0 saturated carbocycles. The number of carbonyl (C=O) groups excluding carboxylic acids is 1. The maximum Gasteiger partial charge on any atom is 1.00 e. The first-order valence-corrected chi connectivity index (χ1v) is 13.0. The fraction of sp³-hybridized carbons (Fsp3) is 0.188. The number of hydrogen-bond acceptors (Lipinski definition) is 13. The third-order valence-corrected chi connectivity index (χ3v) is 6.84. The quantitative estimate of drug-likeness (QED) is 0.0956. The Labute approximate surface area is 245 Å². The summed E-state index contributed by atoms with van der Waals surface area (Å²) in [6.45, 7) is 0.311. The van der Waals surface area contributed by atoms with Gasteiger partial charge in [-0.05, 0) is 36.4 Å². The number of nitrogens with one attached hydrogen (secondary N) is 1. The SMILES string of the molecule is CC(=O)Nc1ccc(S(=O)(=O)[O-])c(N)c1N=Nc1ccc(S(=O)(=O)CCOS(=O)(=O)[O-])cc1.[Na+].[Na+]. The van der Waals surface area contributed by atoms with Gasteiger partial charge in [0, 0.05) is 6.92 Å². The predicted octanol–water partition coefficient (Wildman–Crippen LogP) is -5.19. The minimum atomic E-state index is -5.03. The summed E-state index contributed by atoms with van der Waals surface area (Å²) in [5.41, 5.74) is 4.92. The first-order chi connectivity index (χ1) is 15.1. The molecule has 35 heavy (non-hydrogen) atoms. The Balaban J connectivity index is 0.00000578. The van der Waals surface area contributed by atoms with Gasteiger partial charge in [-0.25, -0.2) is 25.3 Å². The molecule has 0 heterocycles. The molecule has 1 amide bonds. The van der Waals surface area contributed by atoms with E-state index in [9.17, 15) is 39.2 Å². The molecule has 14 nitrogen and oxygen atoms in total. The van der Waals surface area contributed by atoms with Gasteiger partial charge in [0.1, 0.15) is 15.8 Å². The molecule has 0 aromatic heterocycles. The molecule has 19 heteroatoms. The number of nitrogens with two attached hydrogens (primary N) is 1. The largest absolute Gasteiger partial charge is 1.00 e. The second kappa shape index (κ2) is 13.5. The Bertz CT molecular complexity index is 1410. The predicted molar refractivity (Wildman–Crippen MR) is 111 cm³/mol. The Morgan fingerprint density at radius 1 is 0.971 bits per heavy atom. The van der Waals surface area contributed by atoms with Crippen molar-refractivity contribution in [2.45, 2.75) is 16.7 Å². The van der Waals surface area contributed by atoms with Gasteiger partial charge in [0.05, 0.1) is 39.2 Å². The van der Waals surface area contributed by atoms with E-state index >= 15 is 0 Å². The van der Waals surface area contributed by atoms with Gasteiger partial charge in [-0.2, -0.15) is 5.11 Å². The van der Waals surface area contributed by atoms with Crippen molar-refractivity contribution >= 4 is 59.0 Å². The number of hydrogen-bond donors (Lipinski definition) is 2. The average Bonchev–Trinajstić information content (AvgIpc) is 2.65. The number of nitrogens with zero attached hydrogens (tertiary/aromatic N) is 2. The van der Waals surface area contributed by atoms with E-state index in [-0.39, 0.29) is 81.1 Å². The molecule has 0 bridgehead atoms. The zero-order valence-corrected chi connectivity index (χ0v) is 25.1. The molecule has 0 fully saturated rings. The van der Waals surface area contributed by atoms with E-state index in [1.807, 2.05) is 0 Å². The smallest absolute Gasteiger partial charge is 0.744 e.